The highest BCUT2D eigenvalue weighted by Gasteiger charge is 2.35. The third-order valence-electron chi connectivity index (χ3n) is 8.72. The van der Waals surface area contributed by atoms with Crippen molar-refractivity contribution >= 4 is 50.8 Å². The number of hydrogen-bond acceptors (Lipinski definition) is 6. The van der Waals surface area contributed by atoms with Crippen molar-refractivity contribution in [1.82, 2.24) is 9.80 Å². The summed E-state index contributed by atoms with van der Waals surface area (Å²) in [7, 11) is 3.28. The fraction of sp³-hybridized carbons (Fsp3) is 0.378. The van der Waals surface area contributed by atoms with Crippen LogP contribution in [0.25, 0.3) is 21.2 Å². The molecular weight excluding hydrogens is 658 g/mol. The summed E-state index contributed by atoms with van der Waals surface area (Å²) in [6, 6.07) is 14.6. The van der Waals surface area contributed by atoms with E-state index in [2.05, 4.69) is 0 Å². The molecule has 0 atom stereocenters. The molecule has 5 rings (SSSR count). The molecule has 0 saturated heterocycles. The molecule has 2 amide bonds. The first kappa shape index (κ1) is 35.3. The lowest BCUT2D eigenvalue weighted by atomic mass is 9.89. The van der Waals surface area contributed by atoms with Crippen molar-refractivity contribution in [3.63, 3.8) is 0 Å². The Kier molecular flexibility index (Phi) is 10.5. The Morgan fingerprint density at radius 1 is 0.917 bits per heavy atom. The molecule has 48 heavy (non-hydrogen) atoms. The van der Waals surface area contributed by atoms with Crippen LogP contribution in [-0.4, -0.2) is 59.4 Å². The minimum atomic E-state index is -0.700. The van der Waals surface area contributed by atoms with E-state index in [1.165, 1.54) is 6.92 Å². The van der Waals surface area contributed by atoms with Crippen LogP contribution >= 0.6 is 22.9 Å². The van der Waals surface area contributed by atoms with Crippen LogP contribution in [-0.2, 0) is 11.3 Å². The van der Waals surface area contributed by atoms with E-state index in [1.54, 1.807) is 36.1 Å². The third-order valence-corrected chi connectivity index (χ3v) is 10.4. The molecule has 1 fully saturated rings. The number of nitrogens with zero attached hydrogens (tertiary/aromatic N) is 2. The molecule has 3 aromatic carbocycles. The zero-order chi connectivity index (χ0) is 34.9. The van der Waals surface area contributed by atoms with Gasteiger partial charge in [0.05, 0.1) is 22.2 Å². The second-order valence-electron chi connectivity index (χ2n) is 13.1. The normalized spacial score (nSPS) is 16.4. The van der Waals surface area contributed by atoms with Crippen LogP contribution < -0.4 is 4.74 Å². The van der Waals surface area contributed by atoms with Crippen LogP contribution in [0.4, 0.5) is 13.6 Å². The summed E-state index contributed by atoms with van der Waals surface area (Å²) in [6.45, 7) is 7.11. The molecule has 0 spiro atoms. The Bertz CT molecular complexity index is 1850. The number of fused-ring (bicyclic) bond motifs is 1. The lowest BCUT2D eigenvalue weighted by Crippen LogP contribution is -2.47. The van der Waals surface area contributed by atoms with Crippen LogP contribution in [0.5, 0.6) is 5.75 Å². The molecule has 1 aliphatic carbocycles. The van der Waals surface area contributed by atoms with Crippen molar-refractivity contribution in [1.29, 1.82) is 0 Å². The number of carbonyl (C=O) groups is 3. The van der Waals surface area contributed by atoms with Gasteiger partial charge in [0, 0.05) is 36.8 Å². The molecular formula is C37H39ClF2N2O5S. The van der Waals surface area contributed by atoms with E-state index in [0.29, 0.717) is 37.0 Å². The molecule has 0 unspecified atom stereocenters. The first-order chi connectivity index (χ1) is 22.7. The highest BCUT2D eigenvalue weighted by Crippen LogP contribution is 2.41. The van der Waals surface area contributed by atoms with Crippen LogP contribution in [0.15, 0.2) is 54.6 Å². The minimum Gasteiger partial charge on any atom is -0.496 e. The average molecular weight is 697 g/mol. The van der Waals surface area contributed by atoms with Gasteiger partial charge in [-0.15, -0.1) is 11.3 Å². The van der Waals surface area contributed by atoms with E-state index in [9.17, 15) is 23.2 Å². The first-order valence-corrected chi connectivity index (χ1v) is 17.0. The van der Waals surface area contributed by atoms with Crippen LogP contribution in [0, 0.1) is 11.6 Å². The average Bonchev–Trinajstić information content (AvgIpc) is 3.42. The predicted octanol–water partition coefficient (Wildman–Crippen LogP) is 9.53. The van der Waals surface area contributed by atoms with Crippen molar-refractivity contribution in [3.05, 3.63) is 87.3 Å². The Hall–Kier alpha value is -4.02. The maximum Gasteiger partial charge on any atom is 0.410 e. The largest absolute Gasteiger partial charge is 0.496 e. The smallest absolute Gasteiger partial charge is 0.410 e. The summed E-state index contributed by atoms with van der Waals surface area (Å²) < 4.78 is 40.9. The summed E-state index contributed by atoms with van der Waals surface area (Å²) in [6.07, 6.45) is 1.98. The lowest BCUT2D eigenvalue weighted by Gasteiger charge is -2.40. The topological polar surface area (TPSA) is 76.2 Å². The van der Waals surface area contributed by atoms with Gasteiger partial charge in [-0.25, -0.2) is 13.6 Å². The zero-order valence-corrected chi connectivity index (χ0v) is 29.4. The molecule has 0 N–H and O–H groups in total. The molecule has 254 valence electrons. The Morgan fingerprint density at radius 2 is 1.52 bits per heavy atom. The summed E-state index contributed by atoms with van der Waals surface area (Å²) in [5, 5.41) is -0.229. The van der Waals surface area contributed by atoms with Gasteiger partial charge in [0.15, 0.2) is 5.78 Å². The molecule has 11 heteroatoms. The van der Waals surface area contributed by atoms with Crippen LogP contribution in [0.2, 0.25) is 5.02 Å². The number of carbonyl (C=O) groups excluding carboxylic acids is 3. The van der Waals surface area contributed by atoms with Crippen molar-refractivity contribution < 1.29 is 32.6 Å². The Balaban J connectivity index is 1.49. The number of amides is 2. The van der Waals surface area contributed by atoms with E-state index in [4.69, 9.17) is 21.1 Å². The second kappa shape index (κ2) is 14.2. The third kappa shape index (κ3) is 7.50. The van der Waals surface area contributed by atoms with Gasteiger partial charge in [0.2, 0.25) is 0 Å². The van der Waals surface area contributed by atoms with Crippen molar-refractivity contribution in [2.24, 2.45) is 0 Å². The van der Waals surface area contributed by atoms with E-state index in [-0.39, 0.29) is 44.4 Å². The van der Waals surface area contributed by atoms with E-state index in [0.717, 1.165) is 40.2 Å². The summed E-state index contributed by atoms with van der Waals surface area (Å²) >= 11 is 7.45. The van der Waals surface area contributed by atoms with Crippen molar-refractivity contribution in [2.75, 3.05) is 14.2 Å². The highest BCUT2D eigenvalue weighted by molar-refractivity contribution is 7.21. The number of Topliss-reactive ketones (excluding diaryl/α,β-unsaturated/α-hetero) is 1. The van der Waals surface area contributed by atoms with Crippen molar-refractivity contribution in [2.45, 2.75) is 77.6 Å². The molecule has 1 aromatic heterocycles. The highest BCUT2D eigenvalue weighted by atomic mass is 35.5. The second-order valence-corrected chi connectivity index (χ2v) is 14.5. The molecule has 0 aliphatic heterocycles. The lowest BCUT2D eigenvalue weighted by molar-refractivity contribution is 0.0144. The first-order valence-electron chi connectivity index (χ1n) is 15.8. The van der Waals surface area contributed by atoms with Gasteiger partial charge < -0.3 is 19.3 Å². The molecule has 1 heterocycles. The number of ketones is 1. The summed E-state index contributed by atoms with van der Waals surface area (Å²) in [4.78, 5) is 42.4. The monoisotopic (exact) mass is 696 g/mol. The summed E-state index contributed by atoms with van der Waals surface area (Å²) in [5.41, 5.74) is 2.44. The fourth-order valence-electron chi connectivity index (χ4n) is 6.14. The quantitative estimate of drug-likeness (QED) is 0.172. The maximum atomic E-state index is 14.8. The number of thiophene rings is 1. The number of benzene rings is 3. The van der Waals surface area contributed by atoms with Crippen molar-refractivity contribution in [3.8, 4) is 16.9 Å². The number of ether oxygens (including phenoxy) is 2. The molecule has 4 aromatic rings. The van der Waals surface area contributed by atoms with Gasteiger partial charge in [0.1, 0.15) is 27.9 Å². The van der Waals surface area contributed by atoms with E-state index in [1.807, 2.05) is 51.1 Å². The number of halogens is 3. The van der Waals surface area contributed by atoms with Gasteiger partial charge in [0.25, 0.3) is 5.91 Å². The Labute approximate surface area is 288 Å². The molecule has 0 radical (unpaired) electrons. The van der Waals surface area contributed by atoms with Crippen LogP contribution in [0.3, 0.4) is 0 Å². The molecule has 1 saturated carbocycles. The predicted molar refractivity (Wildman–Crippen MR) is 185 cm³/mol. The van der Waals surface area contributed by atoms with Gasteiger partial charge in [-0.3, -0.25) is 9.59 Å². The molecule has 7 nitrogen and oxygen atoms in total. The fourth-order valence-corrected chi connectivity index (χ4v) is 7.64. The van der Waals surface area contributed by atoms with Gasteiger partial charge >= 0.3 is 6.09 Å². The summed E-state index contributed by atoms with van der Waals surface area (Å²) in [5.74, 6) is -1.26. The van der Waals surface area contributed by atoms with Gasteiger partial charge in [-0.2, -0.15) is 0 Å². The molecule has 1 aliphatic rings. The number of rotatable bonds is 8. The maximum absolute atomic E-state index is 14.8. The van der Waals surface area contributed by atoms with Gasteiger partial charge in [-0.1, -0.05) is 41.9 Å². The van der Waals surface area contributed by atoms with E-state index >= 15 is 0 Å². The number of hydrogen-bond donors (Lipinski definition) is 0. The molecule has 0 bridgehead atoms. The number of methoxy groups -OCH3 is 1. The van der Waals surface area contributed by atoms with Crippen LogP contribution in [0.1, 0.15) is 79.0 Å². The van der Waals surface area contributed by atoms with Gasteiger partial charge in [-0.05, 0) is 88.8 Å². The van der Waals surface area contributed by atoms with E-state index < -0.39 is 29.2 Å². The minimum absolute atomic E-state index is 0.0143. The SMILES string of the molecule is COc1ccc(-c2ccc(C(C)=O)cc2)cc1CN(C(=O)c1sc2c(F)ccc(F)c2c1Cl)C1CCC(N(C)C(=O)OC(C)(C)C)CC1. The Morgan fingerprint density at radius 3 is 2.10 bits per heavy atom. The standard InChI is InChI=1S/C37H39ClF2N2O5S/c1-21(43)22-7-9-23(10-8-22)24-11-18-30(46-6)25(19-24)20-42(27-14-12-26(13-15-27)41(5)36(45)47-37(2,3)4)35(44)34-32(38)31-28(39)16-17-29(40)33(31)48-34/h7-11,16-19,26-27H,12-15,20H2,1-6H3. The zero-order valence-electron chi connectivity index (χ0n) is 27.9.